The van der Waals surface area contributed by atoms with Crippen molar-refractivity contribution < 1.29 is 9.47 Å². The van der Waals surface area contributed by atoms with E-state index in [2.05, 4.69) is 28.3 Å². The number of ether oxygens (including phenoxy) is 2. The number of H-pyrrole nitrogens is 2. The van der Waals surface area contributed by atoms with E-state index in [0.717, 1.165) is 27.8 Å². The van der Waals surface area contributed by atoms with Crippen LogP contribution in [-0.4, -0.2) is 16.6 Å². The van der Waals surface area contributed by atoms with Crippen LogP contribution in [-0.2, 0) is 13.2 Å². The van der Waals surface area contributed by atoms with E-state index in [1.165, 1.54) is 5.56 Å². The number of benzene rings is 3. The van der Waals surface area contributed by atoms with Gasteiger partial charge in [0.15, 0.2) is 11.5 Å². The molecular weight excluding hydrogens is 414 g/mol. The van der Waals surface area contributed by atoms with E-state index in [-0.39, 0.29) is 5.69 Å². The fraction of sp³-hybridized carbons (Fsp3) is 0.208. The summed E-state index contributed by atoms with van der Waals surface area (Å²) in [5.74, 6) is 1.27. The topological polar surface area (TPSA) is 79.1 Å². The first kappa shape index (κ1) is 20.9. The Morgan fingerprint density at radius 3 is 2.52 bits per heavy atom. The van der Waals surface area contributed by atoms with Crippen LogP contribution in [0.2, 0.25) is 5.02 Å². The van der Waals surface area contributed by atoms with Crippen LogP contribution in [0.4, 0.5) is 5.69 Å². The Kier molecular flexibility index (Phi) is 6.18. The van der Waals surface area contributed by atoms with Gasteiger partial charge >= 0.3 is 5.69 Å². The van der Waals surface area contributed by atoms with E-state index < -0.39 is 0 Å². The molecule has 0 aliphatic carbocycles. The Bertz CT molecular complexity index is 1260. The lowest BCUT2D eigenvalue weighted by molar-refractivity contribution is 0.268. The number of aromatic amines is 2. The molecule has 0 aliphatic heterocycles. The Labute approximate surface area is 185 Å². The molecule has 0 saturated carbocycles. The number of halogens is 1. The van der Waals surface area contributed by atoms with Crippen LogP contribution >= 0.6 is 11.6 Å². The van der Waals surface area contributed by atoms with Gasteiger partial charge in [-0.05, 0) is 54.8 Å². The van der Waals surface area contributed by atoms with Crippen molar-refractivity contribution in [1.29, 1.82) is 0 Å². The van der Waals surface area contributed by atoms with Gasteiger partial charge in [-0.25, -0.2) is 4.79 Å². The van der Waals surface area contributed by atoms with Crippen molar-refractivity contribution in [1.82, 2.24) is 9.97 Å². The molecule has 0 saturated heterocycles. The molecule has 0 amide bonds. The van der Waals surface area contributed by atoms with Gasteiger partial charge in [0.25, 0.3) is 0 Å². The second-order valence-corrected chi connectivity index (χ2v) is 7.64. The van der Waals surface area contributed by atoms with Gasteiger partial charge < -0.3 is 24.8 Å². The zero-order valence-electron chi connectivity index (χ0n) is 17.4. The molecule has 4 rings (SSSR count). The predicted molar refractivity (Wildman–Crippen MR) is 124 cm³/mol. The predicted octanol–water partition coefficient (Wildman–Crippen LogP) is 5.41. The Hall–Kier alpha value is -3.38. The van der Waals surface area contributed by atoms with Crippen molar-refractivity contribution in [2.45, 2.75) is 27.0 Å². The van der Waals surface area contributed by atoms with Crippen LogP contribution in [0.1, 0.15) is 23.6 Å². The standard InChI is InChI=1S/C24H24ClN3O3/c1-3-30-22-10-17(13-26-18-8-9-20-21(11-18)28-24(29)27-20)19(25)12-23(22)31-14-16-7-5-4-6-15(16)2/h4-12,26H,3,13-14H2,1-2H3,(H2,27,28,29). The smallest absolute Gasteiger partial charge is 0.323 e. The molecule has 0 fully saturated rings. The number of imidazole rings is 1. The maximum Gasteiger partial charge on any atom is 0.323 e. The van der Waals surface area contributed by atoms with E-state index >= 15 is 0 Å². The first-order valence-electron chi connectivity index (χ1n) is 10.1. The molecular formula is C24H24ClN3O3. The molecule has 7 heteroatoms. The maximum atomic E-state index is 11.4. The third kappa shape index (κ3) is 4.86. The number of hydrogen-bond acceptors (Lipinski definition) is 4. The van der Waals surface area contributed by atoms with Crippen molar-refractivity contribution in [3.8, 4) is 11.5 Å². The van der Waals surface area contributed by atoms with Crippen molar-refractivity contribution in [2.24, 2.45) is 0 Å². The minimum Gasteiger partial charge on any atom is -0.490 e. The van der Waals surface area contributed by atoms with Gasteiger partial charge in [-0.3, -0.25) is 0 Å². The van der Waals surface area contributed by atoms with Crippen molar-refractivity contribution >= 4 is 28.3 Å². The van der Waals surface area contributed by atoms with Gasteiger partial charge in [0.05, 0.1) is 17.6 Å². The van der Waals surface area contributed by atoms with Crippen molar-refractivity contribution in [2.75, 3.05) is 11.9 Å². The van der Waals surface area contributed by atoms with Crippen LogP contribution in [0.3, 0.4) is 0 Å². The minimum atomic E-state index is -0.224. The summed E-state index contributed by atoms with van der Waals surface area (Å²) in [6.07, 6.45) is 0. The average molecular weight is 438 g/mol. The lowest BCUT2D eigenvalue weighted by Gasteiger charge is -2.16. The largest absolute Gasteiger partial charge is 0.490 e. The van der Waals surface area contributed by atoms with Gasteiger partial charge in [0, 0.05) is 23.3 Å². The lowest BCUT2D eigenvalue weighted by Crippen LogP contribution is -2.04. The highest BCUT2D eigenvalue weighted by Gasteiger charge is 2.12. The molecule has 3 N–H and O–H groups in total. The van der Waals surface area contributed by atoms with Crippen LogP contribution in [0.5, 0.6) is 11.5 Å². The number of anilines is 1. The van der Waals surface area contributed by atoms with Crippen molar-refractivity contribution in [3.05, 3.63) is 86.8 Å². The highest BCUT2D eigenvalue weighted by Crippen LogP contribution is 2.35. The van der Waals surface area contributed by atoms with E-state index in [1.807, 2.05) is 49.4 Å². The summed E-state index contributed by atoms with van der Waals surface area (Å²) >= 11 is 6.55. The van der Waals surface area contributed by atoms with Gasteiger partial charge in [-0.15, -0.1) is 0 Å². The number of hydrogen-bond donors (Lipinski definition) is 3. The number of aromatic nitrogens is 2. The Morgan fingerprint density at radius 2 is 1.71 bits per heavy atom. The highest BCUT2D eigenvalue weighted by atomic mass is 35.5. The summed E-state index contributed by atoms with van der Waals surface area (Å²) in [4.78, 5) is 16.9. The molecule has 3 aromatic carbocycles. The third-order valence-electron chi connectivity index (χ3n) is 5.06. The van der Waals surface area contributed by atoms with Gasteiger partial charge in [0.2, 0.25) is 0 Å². The van der Waals surface area contributed by atoms with E-state index in [1.54, 1.807) is 6.07 Å². The highest BCUT2D eigenvalue weighted by molar-refractivity contribution is 6.31. The van der Waals surface area contributed by atoms with Crippen LogP contribution < -0.4 is 20.5 Å². The molecule has 0 spiro atoms. The lowest BCUT2D eigenvalue weighted by atomic mass is 10.1. The summed E-state index contributed by atoms with van der Waals surface area (Å²) in [7, 11) is 0. The van der Waals surface area contributed by atoms with Crippen LogP contribution in [0.15, 0.2) is 59.4 Å². The average Bonchev–Trinajstić information content (AvgIpc) is 3.13. The molecule has 160 valence electrons. The molecule has 1 heterocycles. The third-order valence-corrected chi connectivity index (χ3v) is 5.41. The summed E-state index contributed by atoms with van der Waals surface area (Å²) in [6, 6.07) is 17.5. The second kappa shape index (κ2) is 9.18. The van der Waals surface area contributed by atoms with Crippen LogP contribution in [0.25, 0.3) is 11.0 Å². The molecule has 0 aliphatic rings. The first-order chi connectivity index (χ1) is 15.0. The Morgan fingerprint density at radius 1 is 0.935 bits per heavy atom. The molecule has 0 unspecified atom stereocenters. The van der Waals surface area contributed by atoms with Crippen molar-refractivity contribution in [3.63, 3.8) is 0 Å². The molecule has 0 bridgehead atoms. The molecule has 0 atom stereocenters. The molecule has 6 nitrogen and oxygen atoms in total. The normalized spacial score (nSPS) is 10.9. The van der Waals surface area contributed by atoms with E-state index in [4.69, 9.17) is 21.1 Å². The SMILES string of the molecule is CCOc1cc(CNc2ccc3[nH]c(=O)[nH]c3c2)c(Cl)cc1OCc1ccccc1C. The van der Waals surface area contributed by atoms with E-state index in [0.29, 0.717) is 36.3 Å². The van der Waals surface area contributed by atoms with E-state index in [9.17, 15) is 4.79 Å². The summed E-state index contributed by atoms with van der Waals surface area (Å²) < 4.78 is 11.8. The zero-order valence-corrected chi connectivity index (χ0v) is 18.2. The second-order valence-electron chi connectivity index (χ2n) is 7.23. The molecule has 31 heavy (non-hydrogen) atoms. The van der Waals surface area contributed by atoms with Gasteiger partial charge in [-0.1, -0.05) is 35.9 Å². The number of fused-ring (bicyclic) bond motifs is 1. The fourth-order valence-corrected chi connectivity index (χ4v) is 3.58. The quantitative estimate of drug-likeness (QED) is 0.344. The minimum absolute atomic E-state index is 0.224. The number of aryl methyl sites for hydroxylation is 1. The number of rotatable bonds is 8. The fourth-order valence-electron chi connectivity index (χ4n) is 3.36. The number of nitrogens with one attached hydrogen (secondary N) is 3. The maximum absolute atomic E-state index is 11.4. The monoisotopic (exact) mass is 437 g/mol. The van der Waals surface area contributed by atoms with Gasteiger partial charge in [0.1, 0.15) is 6.61 Å². The zero-order chi connectivity index (χ0) is 21.8. The Balaban J connectivity index is 1.51. The molecule has 0 radical (unpaired) electrons. The molecule has 1 aromatic heterocycles. The van der Waals surface area contributed by atoms with Crippen LogP contribution in [0, 0.1) is 6.92 Å². The first-order valence-corrected chi connectivity index (χ1v) is 10.5. The summed E-state index contributed by atoms with van der Waals surface area (Å²) in [5.41, 5.74) is 5.34. The summed E-state index contributed by atoms with van der Waals surface area (Å²) in [6.45, 7) is 5.45. The van der Waals surface area contributed by atoms with Gasteiger partial charge in [-0.2, -0.15) is 0 Å². The summed E-state index contributed by atoms with van der Waals surface area (Å²) in [5, 5.41) is 3.93. The molecule has 4 aromatic rings.